The summed E-state index contributed by atoms with van der Waals surface area (Å²) in [5.74, 6) is 0.484. The quantitative estimate of drug-likeness (QED) is 0.568. The second-order valence-electron chi connectivity index (χ2n) is 7.49. The molecule has 0 bridgehead atoms. The number of amides is 2. The molecule has 1 fully saturated rings. The molecule has 1 atom stereocenters. The third-order valence-corrected chi connectivity index (χ3v) is 5.40. The minimum atomic E-state index is -0.980. The summed E-state index contributed by atoms with van der Waals surface area (Å²) in [6, 6.07) is 12.8. The van der Waals surface area contributed by atoms with E-state index in [1.165, 1.54) is 17.4 Å². The van der Waals surface area contributed by atoms with Gasteiger partial charge < -0.3 is 18.9 Å². The van der Waals surface area contributed by atoms with Gasteiger partial charge in [-0.2, -0.15) is 0 Å². The molecule has 1 aliphatic rings. The first kappa shape index (κ1) is 20.8. The topological polar surface area (TPSA) is 84.9 Å². The molecule has 4 rings (SSSR count). The van der Waals surface area contributed by atoms with Crippen LogP contribution < -0.4 is 15.0 Å². The molecule has 0 aliphatic heterocycles. The second-order valence-corrected chi connectivity index (χ2v) is 7.49. The van der Waals surface area contributed by atoms with Crippen LogP contribution in [0.25, 0.3) is 0 Å². The molecule has 3 aromatic rings. The minimum Gasteiger partial charge on any atom is -0.494 e. The third kappa shape index (κ3) is 4.66. The first-order chi connectivity index (χ1) is 15.2. The van der Waals surface area contributed by atoms with Crippen LogP contribution in [-0.4, -0.2) is 24.5 Å². The van der Waals surface area contributed by atoms with Gasteiger partial charge in [-0.1, -0.05) is 12.8 Å². The number of anilines is 1. The first-order valence-corrected chi connectivity index (χ1v) is 10.6. The zero-order valence-corrected chi connectivity index (χ0v) is 17.5. The van der Waals surface area contributed by atoms with E-state index in [1.54, 1.807) is 48.5 Å². The van der Waals surface area contributed by atoms with Gasteiger partial charge in [-0.15, -0.1) is 0 Å². The van der Waals surface area contributed by atoms with Gasteiger partial charge in [0.05, 0.1) is 19.1 Å². The number of rotatable bonds is 8. The first-order valence-electron chi connectivity index (χ1n) is 10.6. The largest absolute Gasteiger partial charge is 0.494 e. The zero-order chi connectivity index (χ0) is 21.6. The molecule has 7 heteroatoms. The Labute approximate surface area is 181 Å². The lowest BCUT2D eigenvalue weighted by Gasteiger charge is -2.30. The van der Waals surface area contributed by atoms with Crippen molar-refractivity contribution in [3.8, 4) is 5.75 Å². The van der Waals surface area contributed by atoms with Crippen molar-refractivity contribution < 1.29 is 23.2 Å². The summed E-state index contributed by atoms with van der Waals surface area (Å²) in [5, 5.41) is 3.10. The molecule has 1 aromatic carbocycles. The third-order valence-electron chi connectivity index (χ3n) is 5.40. The van der Waals surface area contributed by atoms with Gasteiger partial charge in [-0.3, -0.25) is 14.5 Å². The van der Waals surface area contributed by atoms with Gasteiger partial charge in [-0.25, -0.2) is 0 Å². The summed E-state index contributed by atoms with van der Waals surface area (Å²) in [7, 11) is 0. The van der Waals surface area contributed by atoms with Crippen LogP contribution >= 0.6 is 0 Å². The average Bonchev–Trinajstić information content (AvgIpc) is 3.56. The number of nitrogens with zero attached hydrogens (tertiary/aromatic N) is 1. The van der Waals surface area contributed by atoms with Crippen molar-refractivity contribution in [2.24, 2.45) is 0 Å². The van der Waals surface area contributed by atoms with Crippen LogP contribution in [0.3, 0.4) is 0 Å². The molecule has 0 spiro atoms. The van der Waals surface area contributed by atoms with Crippen LogP contribution in [0.4, 0.5) is 5.69 Å². The summed E-state index contributed by atoms with van der Waals surface area (Å²) in [6.07, 6.45) is 6.98. The van der Waals surface area contributed by atoms with Crippen molar-refractivity contribution in [1.29, 1.82) is 0 Å². The van der Waals surface area contributed by atoms with E-state index < -0.39 is 11.9 Å². The standard InChI is InChI=1S/C24H26N2O5/c1-2-29-19-13-11-18(12-14-19)26(24(28)21-10-6-16-31-21)22(20-9-5-15-30-20)23(27)25-17-7-3-4-8-17/h5-6,9-17,22H,2-4,7-8H2,1H3,(H,25,27)/t22-/m0/s1. The fourth-order valence-corrected chi connectivity index (χ4v) is 3.94. The number of ether oxygens (including phenoxy) is 1. The van der Waals surface area contributed by atoms with Crippen LogP contribution in [0.5, 0.6) is 5.75 Å². The van der Waals surface area contributed by atoms with E-state index in [2.05, 4.69) is 5.32 Å². The van der Waals surface area contributed by atoms with Crippen LogP contribution in [0.1, 0.15) is 55.0 Å². The molecule has 2 amide bonds. The summed E-state index contributed by atoms with van der Waals surface area (Å²) in [4.78, 5) is 28.3. The molecule has 31 heavy (non-hydrogen) atoms. The summed E-state index contributed by atoms with van der Waals surface area (Å²) in [6.45, 7) is 2.44. The van der Waals surface area contributed by atoms with Gasteiger partial charge in [-0.05, 0) is 68.3 Å². The lowest BCUT2D eigenvalue weighted by Crippen LogP contribution is -2.46. The van der Waals surface area contributed by atoms with Crippen molar-refractivity contribution in [3.05, 3.63) is 72.6 Å². The van der Waals surface area contributed by atoms with Crippen LogP contribution in [0.15, 0.2) is 69.9 Å². The number of hydrogen-bond donors (Lipinski definition) is 1. The van der Waals surface area contributed by atoms with Gasteiger partial charge in [0.15, 0.2) is 11.8 Å². The van der Waals surface area contributed by atoms with E-state index in [-0.39, 0.29) is 17.7 Å². The number of nitrogens with one attached hydrogen (secondary N) is 1. The Kier molecular flexibility index (Phi) is 6.40. The monoisotopic (exact) mass is 422 g/mol. The molecule has 0 radical (unpaired) electrons. The molecule has 2 aromatic heterocycles. The maximum atomic E-state index is 13.5. The van der Waals surface area contributed by atoms with E-state index in [1.807, 2.05) is 6.92 Å². The smallest absolute Gasteiger partial charge is 0.295 e. The van der Waals surface area contributed by atoms with Crippen molar-refractivity contribution in [3.63, 3.8) is 0 Å². The molecule has 2 heterocycles. The second kappa shape index (κ2) is 9.55. The number of furan rings is 2. The van der Waals surface area contributed by atoms with Crippen LogP contribution in [-0.2, 0) is 4.79 Å². The van der Waals surface area contributed by atoms with Gasteiger partial charge >= 0.3 is 0 Å². The predicted molar refractivity (Wildman–Crippen MR) is 115 cm³/mol. The predicted octanol–water partition coefficient (Wildman–Crippen LogP) is 4.72. The van der Waals surface area contributed by atoms with E-state index in [4.69, 9.17) is 13.6 Å². The van der Waals surface area contributed by atoms with Crippen molar-refractivity contribution in [2.75, 3.05) is 11.5 Å². The Balaban J connectivity index is 1.73. The molecule has 162 valence electrons. The number of benzene rings is 1. The Morgan fingerprint density at radius 1 is 1.06 bits per heavy atom. The van der Waals surface area contributed by atoms with Crippen molar-refractivity contribution in [1.82, 2.24) is 5.32 Å². The fourth-order valence-electron chi connectivity index (χ4n) is 3.94. The maximum absolute atomic E-state index is 13.5. The summed E-state index contributed by atoms with van der Waals surface area (Å²) < 4.78 is 16.5. The van der Waals surface area contributed by atoms with E-state index in [9.17, 15) is 9.59 Å². The molecular formula is C24H26N2O5. The Bertz CT molecular complexity index is 974. The maximum Gasteiger partial charge on any atom is 0.295 e. The number of carbonyl (C=O) groups is 2. The van der Waals surface area contributed by atoms with E-state index in [0.717, 1.165) is 25.7 Å². The summed E-state index contributed by atoms with van der Waals surface area (Å²) in [5.41, 5.74) is 0.535. The van der Waals surface area contributed by atoms with Gasteiger partial charge in [0.25, 0.3) is 11.8 Å². The van der Waals surface area contributed by atoms with Gasteiger partial charge in [0.2, 0.25) is 0 Å². The fraction of sp³-hybridized carbons (Fsp3) is 0.333. The SMILES string of the molecule is CCOc1ccc(N(C(=O)c2ccco2)[C@H](C(=O)NC2CCCC2)c2ccco2)cc1. The highest BCUT2D eigenvalue weighted by molar-refractivity contribution is 6.08. The van der Waals surface area contributed by atoms with Gasteiger partial charge in [0, 0.05) is 11.7 Å². The molecular weight excluding hydrogens is 396 g/mol. The normalized spacial score (nSPS) is 14.9. The van der Waals surface area contributed by atoms with E-state index >= 15 is 0 Å². The lowest BCUT2D eigenvalue weighted by molar-refractivity contribution is -0.123. The minimum absolute atomic E-state index is 0.103. The molecule has 7 nitrogen and oxygen atoms in total. The zero-order valence-electron chi connectivity index (χ0n) is 17.5. The number of hydrogen-bond acceptors (Lipinski definition) is 5. The Morgan fingerprint density at radius 2 is 1.77 bits per heavy atom. The van der Waals surface area contributed by atoms with Crippen molar-refractivity contribution >= 4 is 17.5 Å². The van der Waals surface area contributed by atoms with Gasteiger partial charge in [0.1, 0.15) is 11.5 Å². The van der Waals surface area contributed by atoms with Crippen LogP contribution in [0, 0.1) is 0 Å². The highest BCUT2D eigenvalue weighted by Crippen LogP contribution is 2.32. The number of carbonyl (C=O) groups excluding carboxylic acids is 2. The molecule has 1 aliphatic carbocycles. The van der Waals surface area contributed by atoms with Crippen LogP contribution in [0.2, 0.25) is 0 Å². The molecule has 0 saturated heterocycles. The highest BCUT2D eigenvalue weighted by atomic mass is 16.5. The van der Waals surface area contributed by atoms with E-state index in [0.29, 0.717) is 23.8 Å². The average molecular weight is 422 g/mol. The molecule has 0 unspecified atom stereocenters. The molecule has 1 saturated carbocycles. The summed E-state index contributed by atoms with van der Waals surface area (Å²) >= 11 is 0. The lowest BCUT2D eigenvalue weighted by atomic mass is 10.1. The Hall–Kier alpha value is -3.48. The molecule has 1 N–H and O–H groups in total. The van der Waals surface area contributed by atoms with Crippen molar-refractivity contribution in [2.45, 2.75) is 44.7 Å². The Morgan fingerprint density at radius 3 is 2.39 bits per heavy atom. The highest BCUT2D eigenvalue weighted by Gasteiger charge is 2.37.